The Hall–Kier alpha value is -2.14. The van der Waals surface area contributed by atoms with Crippen LogP contribution in [0.4, 0.5) is 0 Å². The first kappa shape index (κ1) is 18.9. The molecule has 5 rings (SSSR count). The van der Waals surface area contributed by atoms with E-state index < -0.39 is 5.60 Å². The van der Waals surface area contributed by atoms with Gasteiger partial charge in [-0.2, -0.15) is 0 Å². The Kier molecular flexibility index (Phi) is 4.94. The summed E-state index contributed by atoms with van der Waals surface area (Å²) in [6, 6.07) is 25.1. The molecule has 0 bridgehead atoms. The molecule has 2 aliphatic heterocycles. The molecule has 0 radical (unpaired) electrons. The largest absolute Gasteiger partial charge is 0.488 e. The summed E-state index contributed by atoms with van der Waals surface area (Å²) in [4.78, 5) is 2.50. The van der Waals surface area contributed by atoms with Crippen molar-refractivity contribution < 1.29 is 9.84 Å². The van der Waals surface area contributed by atoms with Crippen molar-refractivity contribution in [2.45, 2.75) is 31.1 Å². The van der Waals surface area contributed by atoms with Crippen LogP contribution in [0.3, 0.4) is 0 Å². The molecule has 2 heterocycles. The summed E-state index contributed by atoms with van der Waals surface area (Å²) in [5.41, 5.74) is 4.01. The topological polar surface area (TPSA) is 32.7 Å². The fraction of sp³-hybridized carbons (Fsp3) is 0.280. The highest BCUT2D eigenvalue weighted by Gasteiger charge is 2.38. The van der Waals surface area contributed by atoms with Crippen molar-refractivity contribution in [3.8, 4) is 5.75 Å². The average molecular weight is 450 g/mol. The Morgan fingerprint density at radius 1 is 0.897 bits per heavy atom. The number of fused-ring (bicyclic) bond motifs is 2. The summed E-state index contributed by atoms with van der Waals surface area (Å²) in [6.45, 7) is 2.25. The predicted octanol–water partition coefficient (Wildman–Crippen LogP) is 5.41. The third-order valence-corrected chi connectivity index (χ3v) is 6.80. The molecule has 1 fully saturated rings. The number of aliphatic hydroxyl groups is 1. The van der Waals surface area contributed by atoms with Crippen LogP contribution in [0.25, 0.3) is 0 Å². The number of piperidine rings is 1. The minimum absolute atomic E-state index is 0.136. The van der Waals surface area contributed by atoms with Crippen LogP contribution < -0.4 is 4.74 Å². The fourth-order valence-corrected chi connectivity index (χ4v) is 5.04. The van der Waals surface area contributed by atoms with Crippen molar-refractivity contribution >= 4 is 15.9 Å². The number of ether oxygens (including phenoxy) is 1. The first-order valence-electron chi connectivity index (χ1n) is 10.2. The molecule has 4 heteroatoms. The van der Waals surface area contributed by atoms with Crippen molar-refractivity contribution in [3.63, 3.8) is 0 Å². The lowest BCUT2D eigenvalue weighted by atomic mass is 9.83. The van der Waals surface area contributed by atoms with Gasteiger partial charge in [0.05, 0.1) is 11.6 Å². The highest BCUT2D eigenvalue weighted by Crippen LogP contribution is 2.43. The number of rotatable bonds is 2. The lowest BCUT2D eigenvalue weighted by Crippen LogP contribution is -2.44. The van der Waals surface area contributed by atoms with Crippen LogP contribution in [-0.2, 0) is 12.2 Å². The Morgan fingerprint density at radius 2 is 1.62 bits per heavy atom. The molecule has 2 aliphatic rings. The van der Waals surface area contributed by atoms with Gasteiger partial charge in [-0.25, -0.2) is 0 Å². The van der Waals surface area contributed by atoms with Crippen molar-refractivity contribution in [2.75, 3.05) is 13.1 Å². The zero-order chi connectivity index (χ0) is 19.8. The molecule has 1 unspecified atom stereocenters. The Morgan fingerprint density at radius 3 is 2.41 bits per heavy atom. The summed E-state index contributed by atoms with van der Waals surface area (Å²) in [7, 11) is 0. The van der Waals surface area contributed by atoms with Gasteiger partial charge in [0.2, 0.25) is 0 Å². The number of halogens is 1. The second-order valence-corrected chi connectivity index (χ2v) is 8.92. The first-order valence-corrected chi connectivity index (χ1v) is 11.0. The van der Waals surface area contributed by atoms with Crippen molar-refractivity contribution in [3.05, 3.63) is 99.5 Å². The van der Waals surface area contributed by atoms with Crippen molar-refractivity contribution in [1.29, 1.82) is 0 Å². The van der Waals surface area contributed by atoms with Crippen molar-refractivity contribution in [2.24, 2.45) is 0 Å². The van der Waals surface area contributed by atoms with E-state index in [9.17, 15) is 5.11 Å². The molecule has 3 aromatic rings. The summed E-state index contributed by atoms with van der Waals surface area (Å²) >= 11 is 3.58. The molecule has 0 aliphatic carbocycles. The second kappa shape index (κ2) is 7.60. The van der Waals surface area contributed by atoms with E-state index >= 15 is 0 Å². The summed E-state index contributed by atoms with van der Waals surface area (Å²) in [5, 5.41) is 11.3. The van der Waals surface area contributed by atoms with E-state index in [4.69, 9.17) is 4.74 Å². The van der Waals surface area contributed by atoms with Gasteiger partial charge >= 0.3 is 0 Å². The highest BCUT2D eigenvalue weighted by molar-refractivity contribution is 9.10. The monoisotopic (exact) mass is 449 g/mol. The Bertz CT molecular complexity index is 1010. The maximum atomic E-state index is 11.3. The lowest BCUT2D eigenvalue weighted by Gasteiger charge is -2.42. The molecule has 0 aromatic heterocycles. The number of hydrogen-bond donors (Lipinski definition) is 1. The summed E-state index contributed by atoms with van der Waals surface area (Å²) in [5.74, 6) is 0.935. The number of benzene rings is 3. The zero-order valence-corrected chi connectivity index (χ0v) is 17.8. The third-order valence-electron chi connectivity index (χ3n) is 6.30. The molecule has 1 atom stereocenters. The Balaban J connectivity index is 1.50. The zero-order valence-electron chi connectivity index (χ0n) is 16.2. The van der Waals surface area contributed by atoms with E-state index in [1.165, 1.54) is 16.7 Å². The standard InChI is InChI=1S/C25H24BrNO2/c26-20-10-11-22-23(16-20)29-17-18-6-4-5-9-21(18)24(22)27-14-12-25(28,13-15-27)19-7-2-1-3-8-19/h1-11,16,24,28H,12-15,17H2. The van der Waals surface area contributed by atoms with Gasteiger partial charge in [0.15, 0.2) is 0 Å². The van der Waals surface area contributed by atoms with E-state index in [1.54, 1.807) is 0 Å². The molecular weight excluding hydrogens is 426 g/mol. The van der Waals surface area contributed by atoms with Crippen LogP contribution in [0.5, 0.6) is 5.75 Å². The second-order valence-electron chi connectivity index (χ2n) is 8.01. The summed E-state index contributed by atoms with van der Waals surface area (Å²) in [6.07, 6.45) is 1.45. The molecule has 1 N–H and O–H groups in total. The van der Waals surface area contributed by atoms with Crippen LogP contribution in [0.1, 0.15) is 41.1 Å². The van der Waals surface area contributed by atoms with Gasteiger partial charge in [-0.05, 0) is 41.7 Å². The SMILES string of the molecule is OC1(c2ccccc2)CCN(C2c3ccccc3COc3cc(Br)ccc32)CC1. The lowest BCUT2D eigenvalue weighted by molar-refractivity contribution is -0.0325. The van der Waals surface area contributed by atoms with Crippen LogP contribution in [0.2, 0.25) is 0 Å². The third kappa shape index (κ3) is 3.50. The number of hydrogen-bond acceptors (Lipinski definition) is 3. The minimum atomic E-state index is -0.749. The smallest absolute Gasteiger partial charge is 0.126 e. The number of likely N-dealkylation sites (tertiary alicyclic amines) is 1. The molecule has 3 aromatic carbocycles. The predicted molar refractivity (Wildman–Crippen MR) is 118 cm³/mol. The molecule has 0 saturated carbocycles. The van der Waals surface area contributed by atoms with Gasteiger partial charge in [0.25, 0.3) is 0 Å². The quantitative estimate of drug-likeness (QED) is 0.567. The van der Waals surface area contributed by atoms with Gasteiger partial charge in [0.1, 0.15) is 12.4 Å². The molecule has 148 valence electrons. The molecule has 0 spiro atoms. The molecular formula is C25H24BrNO2. The summed E-state index contributed by atoms with van der Waals surface area (Å²) < 4.78 is 7.21. The molecule has 0 amide bonds. The van der Waals surface area contributed by atoms with Gasteiger partial charge in [0, 0.05) is 23.1 Å². The van der Waals surface area contributed by atoms with Crippen LogP contribution in [0, 0.1) is 0 Å². The van der Waals surface area contributed by atoms with Crippen LogP contribution in [0.15, 0.2) is 77.3 Å². The van der Waals surface area contributed by atoms with E-state index in [0.29, 0.717) is 6.61 Å². The van der Waals surface area contributed by atoms with Crippen LogP contribution in [-0.4, -0.2) is 23.1 Å². The first-order chi connectivity index (χ1) is 14.1. The normalized spacial score (nSPS) is 20.8. The maximum Gasteiger partial charge on any atom is 0.126 e. The van der Waals surface area contributed by atoms with Crippen molar-refractivity contribution in [1.82, 2.24) is 4.90 Å². The average Bonchev–Trinajstić information content (AvgIpc) is 2.92. The van der Waals surface area contributed by atoms with Gasteiger partial charge in [-0.1, -0.05) is 76.6 Å². The van der Waals surface area contributed by atoms with Gasteiger partial charge in [-0.3, -0.25) is 4.90 Å². The van der Waals surface area contributed by atoms with Crippen LogP contribution >= 0.6 is 15.9 Å². The van der Waals surface area contributed by atoms with E-state index in [1.807, 2.05) is 30.3 Å². The van der Waals surface area contributed by atoms with E-state index in [2.05, 4.69) is 63.3 Å². The molecule has 1 saturated heterocycles. The molecule has 3 nitrogen and oxygen atoms in total. The van der Waals surface area contributed by atoms with Gasteiger partial charge in [-0.15, -0.1) is 0 Å². The van der Waals surface area contributed by atoms with E-state index in [0.717, 1.165) is 41.7 Å². The van der Waals surface area contributed by atoms with E-state index in [-0.39, 0.29) is 6.04 Å². The molecule has 29 heavy (non-hydrogen) atoms. The Labute approximate surface area is 180 Å². The maximum absolute atomic E-state index is 11.3. The van der Waals surface area contributed by atoms with Gasteiger partial charge < -0.3 is 9.84 Å². The highest BCUT2D eigenvalue weighted by atomic mass is 79.9. The fourth-order valence-electron chi connectivity index (χ4n) is 4.70. The number of nitrogens with zero attached hydrogens (tertiary/aromatic N) is 1. The minimum Gasteiger partial charge on any atom is -0.488 e.